The zero-order valence-electron chi connectivity index (χ0n) is 17.9. The van der Waals surface area contributed by atoms with Crippen LogP contribution in [0.5, 0.6) is 5.75 Å². The maximum absolute atomic E-state index is 13.3. The molecule has 0 unspecified atom stereocenters. The van der Waals surface area contributed by atoms with Crippen molar-refractivity contribution in [3.8, 4) is 5.75 Å². The highest BCUT2D eigenvalue weighted by Gasteiger charge is 2.37. The van der Waals surface area contributed by atoms with Crippen LogP contribution in [0, 0.1) is 5.92 Å². The van der Waals surface area contributed by atoms with Crippen molar-refractivity contribution < 1.29 is 40.7 Å². The fourth-order valence-electron chi connectivity index (χ4n) is 4.15. The van der Waals surface area contributed by atoms with E-state index in [1.807, 2.05) is 0 Å². The minimum absolute atomic E-state index is 0.0767. The average molecular weight is 500 g/mol. The van der Waals surface area contributed by atoms with Gasteiger partial charge in [-0.15, -0.1) is 13.2 Å². The lowest BCUT2D eigenvalue weighted by Gasteiger charge is -2.26. The molecular weight excluding hydrogens is 482 g/mol. The van der Waals surface area contributed by atoms with Crippen LogP contribution in [0.25, 0.3) is 10.9 Å². The molecule has 3 aromatic rings. The first-order chi connectivity index (χ1) is 16.5. The van der Waals surface area contributed by atoms with Gasteiger partial charge in [-0.05, 0) is 43.9 Å². The molecule has 1 amide bonds. The molecule has 1 aliphatic rings. The number of aldehydes is 1. The highest BCUT2D eigenvalue weighted by molar-refractivity contribution is 6.06. The fraction of sp³-hybridized carbons (Fsp3) is 0.364. The van der Waals surface area contributed by atoms with E-state index in [4.69, 9.17) is 0 Å². The van der Waals surface area contributed by atoms with Gasteiger partial charge in [-0.3, -0.25) is 14.5 Å². The Labute approximate surface area is 194 Å². The number of hydrogen-bond donors (Lipinski definition) is 1. The Bertz CT molecular complexity index is 1250. The summed E-state index contributed by atoms with van der Waals surface area (Å²) in [6.07, 6.45) is -4.42. The summed E-state index contributed by atoms with van der Waals surface area (Å²) in [5.41, 5.74) is -2.55. The molecule has 1 saturated carbocycles. The molecule has 0 bridgehead atoms. The lowest BCUT2D eigenvalue weighted by Crippen LogP contribution is -2.22. The van der Waals surface area contributed by atoms with E-state index in [1.165, 1.54) is 10.9 Å². The van der Waals surface area contributed by atoms with Crippen LogP contribution in [-0.2, 0) is 11.0 Å². The molecule has 0 spiro atoms. The Hall–Kier alpha value is -3.64. The lowest BCUT2D eigenvalue weighted by atomic mass is 9.87. The summed E-state index contributed by atoms with van der Waals surface area (Å²) in [6.45, 7) is 0. The molecule has 0 radical (unpaired) electrons. The zero-order valence-corrected chi connectivity index (χ0v) is 17.9. The molecule has 2 heterocycles. The number of aromatic nitrogens is 3. The minimum atomic E-state index is -5.14. The van der Waals surface area contributed by atoms with Crippen LogP contribution in [0.4, 0.5) is 32.0 Å². The van der Waals surface area contributed by atoms with Gasteiger partial charge in [0.1, 0.15) is 12.0 Å². The Kier molecular flexibility index (Phi) is 6.43. The Morgan fingerprint density at radius 3 is 2.46 bits per heavy atom. The first kappa shape index (κ1) is 24.5. The van der Waals surface area contributed by atoms with Gasteiger partial charge in [-0.1, -0.05) is 0 Å². The summed E-state index contributed by atoms with van der Waals surface area (Å²) in [7, 11) is 0. The molecule has 7 nitrogen and oxygen atoms in total. The molecule has 2 aromatic heterocycles. The number of nitrogens with one attached hydrogen (secondary N) is 1. The average Bonchev–Trinajstić information content (AvgIpc) is 3.20. The molecule has 186 valence electrons. The van der Waals surface area contributed by atoms with Gasteiger partial charge in [0.15, 0.2) is 5.75 Å². The monoisotopic (exact) mass is 500 g/mol. The van der Waals surface area contributed by atoms with Gasteiger partial charge < -0.3 is 14.8 Å². The highest BCUT2D eigenvalue weighted by atomic mass is 19.4. The smallest absolute Gasteiger partial charge is 0.403 e. The van der Waals surface area contributed by atoms with Crippen LogP contribution < -0.4 is 10.1 Å². The number of alkyl halides is 6. The number of fused-ring (bicyclic) bond motifs is 1. The molecule has 0 aliphatic heterocycles. The molecule has 0 atom stereocenters. The van der Waals surface area contributed by atoms with Crippen LogP contribution >= 0.6 is 0 Å². The SMILES string of the molecule is O=CC1CCC(n2ncc3cc(NC(=O)c4ncccc4C(F)(F)F)c(OC(F)(F)F)cc32)CC1. The maximum Gasteiger partial charge on any atom is 0.573 e. The maximum atomic E-state index is 13.3. The van der Waals surface area contributed by atoms with Crippen LogP contribution in [-0.4, -0.2) is 33.3 Å². The Morgan fingerprint density at radius 1 is 1.11 bits per heavy atom. The molecule has 35 heavy (non-hydrogen) atoms. The third kappa shape index (κ3) is 5.38. The number of ether oxygens (including phenoxy) is 1. The topological polar surface area (TPSA) is 86.1 Å². The standard InChI is InChI=1S/C22H18F6N4O3/c23-21(24,25)15-2-1-7-29-19(15)20(34)31-16-8-13-10-30-32(14-5-3-12(11-33)4-6-14)17(13)9-18(16)35-22(26,27)28/h1-2,7-12,14H,3-6H2,(H,31,34). The predicted octanol–water partition coefficient (Wildman–Crippen LogP) is 5.53. The van der Waals surface area contributed by atoms with Gasteiger partial charge >= 0.3 is 12.5 Å². The van der Waals surface area contributed by atoms with E-state index in [1.54, 1.807) is 0 Å². The molecule has 1 fully saturated rings. The van der Waals surface area contributed by atoms with Crippen LogP contribution in [0.2, 0.25) is 0 Å². The van der Waals surface area contributed by atoms with Gasteiger partial charge in [0, 0.05) is 23.6 Å². The number of benzene rings is 1. The van der Waals surface area contributed by atoms with Crippen molar-refractivity contribution in [3.63, 3.8) is 0 Å². The number of hydrogen-bond acceptors (Lipinski definition) is 5. The summed E-state index contributed by atoms with van der Waals surface area (Å²) < 4.78 is 84.7. The summed E-state index contributed by atoms with van der Waals surface area (Å²) in [6, 6.07) is 3.64. The van der Waals surface area contributed by atoms with Gasteiger partial charge in [-0.2, -0.15) is 18.3 Å². The normalized spacial score (nSPS) is 18.9. The molecule has 1 aromatic carbocycles. The number of rotatable bonds is 5. The van der Waals surface area contributed by atoms with Crippen molar-refractivity contribution in [2.75, 3.05) is 5.32 Å². The van der Waals surface area contributed by atoms with Gasteiger partial charge in [-0.25, -0.2) is 0 Å². The van der Waals surface area contributed by atoms with E-state index in [2.05, 4.69) is 20.1 Å². The molecule has 0 saturated heterocycles. The van der Waals surface area contributed by atoms with Crippen molar-refractivity contribution in [2.24, 2.45) is 5.92 Å². The van der Waals surface area contributed by atoms with Crippen molar-refractivity contribution >= 4 is 28.8 Å². The zero-order chi connectivity index (χ0) is 25.4. The second-order valence-corrected chi connectivity index (χ2v) is 8.10. The van der Waals surface area contributed by atoms with Crippen LogP contribution in [0.3, 0.4) is 0 Å². The van der Waals surface area contributed by atoms with Crippen molar-refractivity contribution in [2.45, 2.75) is 44.3 Å². The van der Waals surface area contributed by atoms with E-state index >= 15 is 0 Å². The van der Waals surface area contributed by atoms with E-state index < -0.39 is 41.1 Å². The number of nitrogens with zero attached hydrogens (tertiary/aromatic N) is 3. The number of carbonyl (C=O) groups excluding carboxylic acids is 2. The second-order valence-electron chi connectivity index (χ2n) is 8.10. The predicted molar refractivity (Wildman–Crippen MR) is 111 cm³/mol. The second kappa shape index (κ2) is 9.19. The molecule has 1 aliphatic carbocycles. The molecule has 13 heteroatoms. The first-order valence-electron chi connectivity index (χ1n) is 10.5. The van der Waals surface area contributed by atoms with Crippen molar-refractivity contribution in [1.82, 2.24) is 14.8 Å². The number of halogens is 6. The van der Waals surface area contributed by atoms with Gasteiger partial charge in [0.05, 0.1) is 29.0 Å². The molecular formula is C22H18F6N4O3. The lowest BCUT2D eigenvalue weighted by molar-refractivity contribution is -0.274. The Morgan fingerprint density at radius 2 is 1.83 bits per heavy atom. The minimum Gasteiger partial charge on any atom is -0.403 e. The van der Waals surface area contributed by atoms with Crippen molar-refractivity contribution in [3.05, 3.63) is 47.9 Å². The quantitative estimate of drug-likeness (QED) is 0.368. The number of carbonyl (C=O) groups is 2. The van der Waals surface area contributed by atoms with E-state index in [9.17, 15) is 35.9 Å². The highest BCUT2D eigenvalue weighted by Crippen LogP contribution is 2.38. The van der Waals surface area contributed by atoms with E-state index in [-0.39, 0.29) is 17.5 Å². The summed E-state index contributed by atoms with van der Waals surface area (Å²) >= 11 is 0. The molecule has 1 N–H and O–H groups in total. The van der Waals surface area contributed by atoms with E-state index in [0.717, 1.165) is 30.7 Å². The fourth-order valence-corrected chi connectivity index (χ4v) is 4.15. The summed E-state index contributed by atoms with van der Waals surface area (Å²) in [4.78, 5) is 27.0. The third-order valence-electron chi connectivity index (χ3n) is 5.78. The van der Waals surface area contributed by atoms with E-state index in [0.29, 0.717) is 37.1 Å². The Balaban J connectivity index is 1.71. The summed E-state index contributed by atoms with van der Waals surface area (Å²) in [5.74, 6) is -2.25. The van der Waals surface area contributed by atoms with Crippen LogP contribution in [0.15, 0.2) is 36.7 Å². The molecule has 4 rings (SSSR count). The van der Waals surface area contributed by atoms with Gasteiger partial charge in [0.2, 0.25) is 0 Å². The van der Waals surface area contributed by atoms with Crippen LogP contribution in [0.1, 0.15) is 47.8 Å². The van der Waals surface area contributed by atoms with Gasteiger partial charge in [0.25, 0.3) is 5.91 Å². The number of amides is 1. The first-order valence-corrected chi connectivity index (χ1v) is 10.5. The third-order valence-corrected chi connectivity index (χ3v) is 5.78. The largest absolute Gasteiger partial charge is 0.573 e. The summed E-state index contributed by atoms with van der Waals surface area (Å²) in [5, 5.41) is 6.64. The number of anilines is 1. The van der Waals surface area contributed by atoms with Crippen molar-refractivity contribution in [1.29, 1.82) is 0 Å². The number of pyridine rings is 1.